The van der Waals surface area contributed by atoms with Crippen molar-refractivity contribution < 1.29 is 9.59 Å². The fourth-order valence-electron chi connectivity index (χ4n) is 5.48. The largest absolute Gasteiger partial charge is 0.349 e. The van der Waals surface area contributed by atoms with Gasteiger partial charge in [-0.2, -0.15) is 0 Å². The van der Waals surface area contributed by atoms with Crippen LogP contribution in [0.2, 0.25) is 0 Å². The zero-order valence-electron chi connectivity index (χ0n) is 15.9. The number of nitrogens with one attached hydrogen (secondary N) is 4. The third-order valence-electron chi connectivity index (χ3n) is 8.11. The molecule has 2 heterocycles. The molecule has 4 saturated carbocycles. The van der Waals surface area contributed by atoms with Gasteiger partial charge >= 0.3 is 0 Å². The minimum absolute atomic E-state index is 0.152. The van der Waals surface area contributed by atoms with Crippen LogP contribution in [-0.2, 0) is 9.59 Å². The van der Waals surface area contributed by atoms with E-state index in [1.165, 1.54) is 0 Å². The number of hydrogen-bond donors (Lipinski definition) is 4. The summed E-state index contributed by atoms with van der Waals surface area (Å²) in [4.78, 5) is 23.2. The van der Waals surface area contributed by atoms with E-state index in [1.807, 2.05) is 0 Å². The van der Waals surface area contributed by atoms with Crippen LogP contribution in [-0.4, -0.2) is 49.1 Å². The van der Waals surface area contributed by atoms with Crippen LogP contribution in [0, 0.1) is 35.5 Å². The van der Waals surface area contributed by atoms with E-state index >= 15 is 0 Å². The first kappa shape index (κ1) is 17.0. The monoisotopic (exact) mass is 360 g/mol. The van der Waals surface area contributed by atoms with Gasteiger partial charge in [-0.1, -0.05) is 13.8 Å². The van der Waals surface area contributed by atoms with Crippen LogP contribution in [0.25, 0.3) is 0 Å². The van der Waals surface area contributed by atoms with E-state index in [1.54, 1.807) is 0 Å². The minimum Gasteiger partial charge on any atom is -0.349 e. The molecule has 144 valence electrons. The lowest BCUT2D eigenvalue weighted by Crippen LogP contribution is -2.43. The summed E-state index contributed by atoms with van der Waals surface area (Å²) in [5.41, 5.74) is 0.305. The molecular formula is C20H32N4O2. The molecule has 6 aliphatic rings. The van der Waals surface area contributed by atoms with E-state index in [0.29, 0.717) is 47.3 Å². The Morgan fingerprint density at radius 1 is 0.769 bits per heavy atom. The molecule has 2 saturated heterocycles. The molecule has 0 aromatic carbocycles. The van der Waals surface area contributed by atoms with Crippen molar-refractivity contribution in [3.05, 3.63) is 0 Å². The zero-order chi connectivity index (χ0) is 18.1. The number of amides is 2. The molecule has 4 N–H and O–H groups in total. The lowest BCUT2D eigenvalue weighted by molar-refractivity contribution is -0.124. The molecule has 6 rings (SSSR count). The Labute approximate surface area is 155 Å². The van der Waals surface area contributed by atoms with E-state index in [-0.39, 0.29) is 11.1 Å². The first-order valence-corrected chi connectivity index (χ1v) is 10.5. The molecule has 6 heteroatoms. The SMILES string of the molecule is C[C@@H]1[C@@H]2CNC[C@]12NC(=O)C1CC1.C[C@H]1[C@H]2CNC[C@]21NC(=O)C1CC1. The van der Waals surface area contributed by atoms with Crippen molar-refractivity contribution in [3.8, 4) is 0 Å². The maximum atomic E-state index is 11.6. The minimum atomic E-state index is 0.152. The van der Waals surface area contributed by atoms with Crippen molar-refractivity contribution in [1.29, 1.82) is 0 Å². The normalized spacial score (nSPS) is 47.2. The van der Waals surface area contributed by atoms with Gasteiger partial charge in [-0.15, -0.1) is 0 Å². The van der Waals surface area contributed by atoms with Crippen LogP contribution < -0.4 is 21.3 Å². The van der Waals surface area contributed by atoms with Crippen LogP contribution in [0.15, 0.2) is 0 Å². The second-order valence-corrected chi connectivity index (χ2v) is 9.66. The van der Waals surface area contributed by atoms with Gasteiger partial charge < -0.3 is 21.3 Å². The van der Waals surface area contributed by atoms with Crippen LogP contribution in [0.4, 0.5) is 0 Å². The van der Waals surface area contributed by atoms with E-state index in [0.717, 1.165) is 51.9 Å². The van der Waals surface area contributed by atoms with Gasteiger partial charge in [0, 0.05) is 49.9 Å². The highest BCUT2D eigenvalue weighted by Gasteiger charge is 2.66. The number of fused-ring (bicyclic) bond motifs is 2. The first-order valence-electron chi connectivity index (χ1n) is 10.5. The van der Waals surface area contributed by atoms with Crippen molar-refractivity contribution >= 4 is 11.8 Å². The Kier molecular flexibility index (Phi) is 3.71. The number of piperidine rings is 2. The molecule has 2 amide bonds. The Morgan fingerprint density at radius 2 is 1.15 bits per heavy atom. The van der Waals surface area contributed by atoms with E-state index in [4.69, 9.17) is 0 Å². The van der Waals surface area contributed by atoms with Crippen molar-refractivity contribution in [2.75, 3.05) is 26.2 Å². The number of carbonyl (C=O) groups is 2. The van der Waals surface area contributed by atoms with Gasteiger partial charge in [-0.25, -0.2) is 0 Å². The molecule has 0 spiro atoms. The van der Waals surface area contributed by atoms with Gasteiger partial charge in [0.1, 0.15) is 0 Å². The summed E-state index contributed by atoms with van der Waals surface area (Å²) < 4.78 is 0. The maximum Gasteiger partial charge on any atom is 0.223 e. The fraction of sp³-hybridized carbons (Fsp3) is 0.900. The van der Waals surface area contributed by atoms with Crippen molar-refractivity contribution in [2.24, 2.45) is 35.5 Å². The van der Waals surface area contributed by atoms with Crippen LogP contribution >= 0.6 is 0 Å². The Balaban J connectivity index is 0.000000115. The highest BCUT2D eigenvalue weighted by Crippen LogP contribution is 2.53. The van der Waals surface area contributed by atoms with E-state index in [9.17, 15) is 9.59 Å². The molecule has 6 nitrogen and oxygen atoms in total. The second kappa shape index (κ2) is 5.68. The topological polar surface area (TPSA) is 82.3 Å². The molecule has 0 aromatic rings. The van der Waals surface area contributed by atoms with Crippen molar-refractivity contribution in [2.45, 2.75) is 50.6 Å². The van der Waals surface area contributed by atoms with Gasteiger partial charge in [-0.05, 0) is 37.5 Å². The van der Waals surface area contributed by atoms with Crippen LogP contribution in [0.3, 0.4) is 0 Å². The van der Waals surface area contributed by atoms with Gasteiger partial charge in [0.15, 0.2) is 0 Å². The Morgan fingerprint density at radius 3 is 1.42 bits per heavy atom. The first-order chi connectivity index (χ1) is 12.5. The summed E-state index contributed by atoms with van der Waals surface area (Å²) in [6, 6.07) is 0. The maximum absolute atomic E-state index is 11.6. The predicted octanol–water partition coefficient (Wildman–Crippen LogP) is 0.241. The van der Waals surface area contributed by atoms with Gasteiger partial charge in [-0.3, -0.25) is 9.59 Å². The lowest BCUT2D eigenvalue weighted by atomic mass is 10.2. The Bertz CT molecular complexity index is 577. The number of rotatable bonds is 4. The molecule has 0 bridgehead atoms. The smallest absolute Gasteiger partial charge is 0.223 e. The quantitative estimate of drug-likeness (QED) is 0.579. The van der Waals surface area contributed by atoms with Gasteiger partial charge in [0.05, 0.1) is 11.1 Å². The summed E-state index contributed by atoms with van der Waals surface area (Å²) in [6.07, 6.45) is 4.42. The van der Waals surface area contributed by atoms with E-state index in [2.05, 4.69) is 35.1 Å². The van der Waals surface area contributed by atoms with Crippen LogP contribution in [0.5, 0.6) is 0 Å². The summed E-state index contributed by atoms with van der Waals surface area (Å²) in [6.45, 7) is 8.64. The molecule has 2 aliphatic heterocycles. The zero-order valence-corrected chi connectivity index (χ0v) is 15.9. The Hall–Kier alpha value is -1.14. The van der Waals surface area contributed by atoms with E-state index < -0.39 is 0 Å². The molecule has 4 aliphatic carbocycles. The van der Waals surface area contributed by atoms with Gasteiger partial charge in [0.25, 0.3) is 0 Å². The van der Waals surface area contributed by atoms with Gasteiger partial charge in [0.2, 0.25) is 11.8 Å². The highest BCUT2D eigenvalue weighted by molar-refractivity contribution is 5.82. The molecular weight excluding hydrogens is 328 g/mol. The third-order valence-corrected chi connectivity index (χ3v) is 8.11. The average Bonchev–Trinajstić information content (AvgIpc) is 3.54. The standard InChI is InChI=1S/2C10H16N2O/c2*1-6-8-4-11-5-10(6,8)12-9(13)7-2-3-7/h2*6-8,11H,2-5H2,1H3,(H,12,13)/t2*6-,8+,10+/m10/s1. The summed E-state index contributed by atoms with van der Waals surface area (Å²) in [5.74, 6) is 4.10. The third kappa shape index (κ3) is 2.60. The summed E-state index contributed by atoms with van der Waals surface area (Å²) >= 11 is 0. The second-order valence-electron chi connectivity index (χ2n) is 9.66. The molecule has 0 radical (unpaired) electrons. The summed E-state index contributed by atoms with van der Waals surface area (Å²) in [7, 11) is 0. The van der Waals surface area contributed by atoms with Crippen molar-refractivity contribution in [1.82, 2.24) is 21.3 Å². The average molecular weight is 361 g/mol. The molecule has 26 heavy (non-hydrogen) atoms. The number of hydrogen-bond acceptors (Lipinski definition) is 4. The highest BCUT2D eigenvalue weighted by atomic mass is 16.2. The lowest BCUT2D eigenvalue weighted by Gasteiger charge is -2.15. The number of carbonyl (C=O) groups excluding carboxylic acids is 2. The molecule has 6 atom stereocenters. The summed E-state index contributed by atoms with van der Waals surface area (Å²) in [5, 5.41) is 13.2. The fourth-order valence-corrected chi connectivity index (χ4v) is 5.48. The van der Waals surface area contributed by atoms with Crippen LogP contribution in [0.1, 0.15) is 39.5 Å². The molecule has 0 aromatic heterocycles. The van der Waals surface area contributed by atoms with Crippen molar-refractivity contribution in [3.63, 3.8) is 0 Å². The molecule has 6 fully saturated rings. The predicted molar refractivity (Wildman–Crippen MR) is 98.2 cm³/mol. The molecule has 0 unspecified atom stereocenters.